The first-order chi connectivity index (χ1) is 15.7. The summed E-state index contributed by atoms with van der Waals surface area (Å²) in [5, 5.41) is 3.11. The second-order valence-corrected chi connectivity index (χ2v) is 8.68. The fraction of sp³-hybridized carbons (Fsp3) is 0.238. The Bertz CT molecular complexity index is 1390. The molecule has 0 unspecified atom stereocenters. The number of amides is 2. The number of hydrogen-bond acceptors (Lipinski definition) is 6. The summed E-state index contributed by atoms with van der Waals surface area (Å²) in [6, 6.07) is 4.45. The third-order valence-corrected chi connectivity index (χ3v) is 6.42. The van der Waals surface area contributed by atoms with Gasteiger partial charge in [0.15, 0.2) is 10.6 Å². The maximum Gasteiger partial charge on any atom is 0.271 e. The lowest BCUT2D eigenvalue weighted by atomic mass is 9.98. The number of nitrogens with one attached hydrogen (secondary N) is 2. The van der Waals surface area contributed by atoms with E-state index in [-0.39, 0.29) is 40.3 Å². The van der Waals surface area contributed by atoms with Gasteiger partial charge in [-0.25, -0.2) is 14.5 Å². The van der Waals surface area contributed by atoms with Crippen molar-refractivity contribution < 1.29 is 9.59 Å². The molecule has 0 bridgehead atoms. The SMILES string of the molecule is CNC(=O)c1cnc(-n2c(=S)[nH]c3c(c2=O)C[C@@H](C)N(C(=O)c2ccc(Cl)c(Cl)c2)C3)cn1. The molecule has 0 fully saturated rings. The van der Waals surface area contributed by atoms with Crippen molar-refractivity contribution in [1.29, 1.82) is 0 Å². The third kappa shape index (κ3) is 4.29. The molecule has 1 atom stereocenters. The normalized spacial score (nSPS) is 15.2. The van der Waals surface area contributed by atoms with Gasteiger partial charge in [0.05, 0.1) is 29.0 Å². The first-order valence-corrected chi connectivity index (χ1v) is 11.0. The minimum absolute atomic E-state index is 0.109. The topological polar surface area (TPSA) is 113 Å². The van der Waals surface area contributed by atoms with Crippen LogP contribution in [-0.4, -0.2) is 49.3 Å². The molecule has 12 heteroatoms. The minimum Gasteiger partial charge on any atom is -0.354 e. The van der Waals surface area contributed by atoms with E-state index in [9.17, 15) is 14.4 Å². The molecular weight excluding hydrogens is 487 g/mol. The quantitative estimate of drug-likeness (QED) is 0.530. The number of fused-ring (bicyclic) bond motifs is 1. The Morgan fingerprint density at radius 2 is 1.97 bits per heavy atom. The number of carbonyl (C=O) groups is 2. The lowest BCUT2D eigenvalue weighted by Crippen LogP contribution is -2.45. The predicted molar refractivity (Wildman–Crippen MR) is 126 cm³/mol. The molecular formula is C21H18Cl2N6O3S. The van der Waals surface area contributed by atoms with E-state index in [2.05, 4.69) is 20.3 Å². The summed E-state index contributed by atoms with van der Waals surface area (Å²) < 4.78 is 1.34. The fourth-order valence-corrected chi connectivity index (χ4v) is 4.25. The van der Waals surface area contributed by atoms with Crippen LogP contribution < -0.4 is 10.9 Å². The fourth-order valence-electron chi connectivity index (χ4n) is 3.65. The first kappa shape index (κ1) is 23.1. The highest BCUT2D eigenvalue weighted by Crippen LogP contribution is 2.26. The van der Waals surface area contributed by atoms with Gasteiger partial charge in [0.2, 0.25) is 0 Å². The number of hydrogen-bond donors (Lipinski definition) is 2. The van der Waals surface area contributed by atoms with Crippen molar-refractivity contribution in [3.05, 3.63) is 78.3 Å². The highest BCUT2D eigenvalue weighted by Gasteiger charge is 2.31. The average molecular weight is 505 g/mol. The summed E-state index contributed by atoms with van der Waals surface area (Å²) in [5.41, 5.74) is 1.24. The molecule has 1 aromatic carbocycles. The summed E-state index contributed by atoms with van der Waals surface area (Å²) >= 11 is 17.4. The number of rotatable bonds is 3. The van der Waals surface area contributed by atoms with E-state index < -0.39 is 5.91 Å². The molecule has 0 saturated heterocycles. The number of benzene rings is 1. The van der Waals surface area contributed by atoms with E-state index in [0.29, 0.717) is 33.3 Å². The van der Waals surface area contributed by atoms with Crippen molar-refractivity contribution in [2.75, 3.05) is 7.05 Å². The minimum atomic E-state index is -0.391. The van der Waals surface area contributed by atoms with Crippen molar-refractivity contribution in [1.82, 2.24) is 29.7 Å². The molecule has 4 rings (SSSR count). The summed E-state index contributed by atoms with van der Waals surface area (Å²) in [5.74, 6) is -0.429. The maximum atomic E-state index is 13.3. The van der Waals surface area contributed by atoms with E-state index in [4.69, 9.17) is 35.4 Å². The van der Waals surface area contributed by atoms with Crippen LogP contribution >= 0.6 is 35.4 Å². The summed E-state index contributed by atoms with van der Waals surface area (Å²) in [6.45, 7) is 2.04. The van der Waals surface area contributed by atoms with Gasteiger partial charge in [-0.1, -0.05) is 23.2 Å². The number of aromatic nitrogens is 4. The Balaban J connectivity index is 1.69. The van der Waals surface area contributed by atoms with Crippen LogP contribution in [0.2, 0.25) is 10.0 Å². The van der Waals surface area contributed by atoms with Gasteiger partial charge in [0.1, 0.15) is 5.69 Å². The number of halogens is 2. The molecule has 0 saturated carbocycles. The van der Waals surface area contributed by atoms with Crippen LogP contribution in [0, 0.1) is 4.77 Å². The highest BCUT2D eigenvalue weighted by molar-refractivity contribution is 7.71. The van der Waals surface area contributed by atoms with Crippen LogP contribution in [0.15, 0.2) is 35.4 Å². The molecule has 0 radical (unpaired) electrons. The molecule has 0 aliphatic carbocycles. The monoisotopic (exact) mass is 504 g/mol. The molecule has 3 aromatic rings. The Morgan fingerprint density at radius 1 is 1.21 bits per heavy atom. The Labute approximate surface area is 203 Å². The zero-order valence-corrected chi connectivity index (χ0v) is 19.9. The van der Waals surface area contributed by atoms with Gasteiger partial charge in [0, 0.05) is 29.9 Å². The van der Waals surface area contributed by atoms with Gasteiger partial charge in [-0.15, -0.1) is 0 Å². The van der Waals surface area contributed by atoms with Crippen molar-refractivity contribution in [3.8, 4) is 5.82 Å². The molecule has 0 spiro atoms. The molecule has 2 N–H and O–H groups in total. The third-order valence-electron chi connectivity index (χ3n) is 5.40. The first-order valence-electron chi connectivity index (χ1n) is 9.89. The van der Waals surface area contributed by atoms with Gasteiger partial charge < -0.3 is 15.2 Å². The average Bonchev–Trinajstić information content (AvgIpc) is 2.80. The van der Waals surface area contributed by atoms with Crippen LogP contribution in [0.4, 0.5) is 0 Å². The van der Waals surface area contributed by atoms with Gasteiger partial charge in [-0.05, 0) is 43.8 Å². The maximum absolute atomic E-state index is 13.3. The molecule has 170 valence electrons. The van der Waals surface area contributed by atoms with Crippen LogP contribution in [0.25, 0.3) is 5.82 Å². The van der Waals surface area contributed by atoms with E-state index >= 15 is 0 Å². The lowest BCUT2D eigenvalue weighted by Gasteiger charge is -2.34. The van der Waals surface area contributed by atoms with E-state index in [1.54, 1.807) is 17.0 Å². The highest BCUT2D eigenvalue weighted by atomic mass is 35.5. The number of H-pyrrole nitrogens is 1. The van der Waals surface area contributed by atoms with Crippen molar-refractivity contribution in [2.24, 2.45) is 0 Å². The zero-order valence-electron chi connectivity index (χ0n) is 17.6. The Kier molecular flexibility index (Phi) is 6.33. The summed E-state index contributed by atoms with van der Waals surface area (Å²) in [7, 11) is 1.49. The summed E-state index contributed by atoms with van der Waals surface area (Å²) in [6.07, 6.45) is 2.90. The Hall–Kier alpha value is -3.08. The predicted octanol–water partition coefficient (Wildman–Crippen LogP) is 2.94. The molecule has 1 aliphatic heterocycles. The van der Waals surface area contributed by atoms with Crippen molar-refractivity contribution >= 4 is 47.2 Å². The van der Waals surface area contributed by atoms with Crippen LogP contribution in [0.1, 0.15) is 39.0 Å². The standard InChI is InChI=1S/C21H18Cl2N6O3S/c1-10-5-12-16(9-28(10)19(31)11-3-4-13(22)14(23)6-11)27-21(33)29(20(12)32)17-8-25-15(7-26-17)18(30)24-2/h3-4,6-8,10H,5,9H2,1-2H3,(H,24,30)(H,27,33)/t10-/m1/s1. The second-order valence-electron chi connectivity index (χ2n) is 7.48. The Morgan fingerprint density at radius 3 is 2.61 bits per heavy atom. The van der Waals surface area contributed by atoms with Crippen LogP contribution in [0.3, 0.4) is 0 Å². The van der Waals surface area contributed by atoms with Crippen LogP contribution in [0.5, 0.6) is 0 Å². The van der Waals surface area contributed by atoms with Crippen LogP contribution in [-0.2, 0) is 13.0 Å². The van der Waals surface area contributed by atoms with Gasteiger partial charge in [0.25, 0.3) is 17.4 Å². The van der Waals surface area contributed by atoms with Crippen molar-refractivity contribution in [2.45, 2.75) is 25.9 Å². The van der Waals surface area contributed by atoms with Gasteiger partial charge in [-0.2, -0.15) is 0 Å². The summed E-state index contributed by atoms with van der Waals surface area (Å²) in [4.78, 5) is 51.0. The molecule has 33 heavy (non-hydrogen) atoms. The largest absolute Gasteiger partial charge is 0.354 e. The number of aromatic amines is 1. The molecule has 1 aliphatic rings. The number of carbonyl (C=O) groups excluding carboxylic acids is 2. The zero-order chi connectivity index (χ0) is 23.9. The van der Waals surface area contributed by atoms with E-state index in [1.807, 2.05) is 6.92 Å². The molecule has 2 aromatic heterocycles. The second kappa shape index (κ2) is 9.05. The number of nitrogens with zero attached hydrogens (tertiary/aromatic N) is 4. The van der Waals surface area contributed by atoms with Crippen molar-refractivity contribution in [3.63, 3.8) is 0 Å². The lowest BCUT2D eigenvalue weighted by molar-refractivity contribution is 0.0652. The van der Waals surface area contributed by atoms with Gasteiger partial charge in [-0.3, -0.25) is 14.4 Å². The molecule has 3 heterocycles. The van der Waals surface area contributed by atoms with Gasteiger partial charge >= 0.3 is 0 Å². The van der Waals surface area contributed by atoms with E-state index in [0.717, 1.165) is 0 Å². The molecule has 9 nitrogen and oxygen atoms in total. The van der Waals surface area contributed by atoms with E-state index in [1.165, 1.54) is 30.1 Å². The molecule has 2 amide bonds. The smallest absolute Gasteiger partial charge is 0.271 e.